The molecule has 4 nitrogen and oxygen atoms in total. The lowest BCUT2D eigenvalue weighted by atomic mass is 10.1. The normalized spacial score (nSPS) is 14.3. The lowest BCUT2D eigenvalue weighted by Crippen LogP contribution is -2.48. The Morgan fingerprint density at radius 1 is 0.958 bits per heavy atom. The van der Waals surface area contributed by atoms with Gasteiger partial charge in [-0.05, 0) is 36.2 Å². The second-order valence-electron chi connectivity index (χ2n) is 6.01. The Kier molecular flexibility index (Phi) is 5.12. The van der Waals surface area contributed by atoms with Crippen LogP contribution in [0, 0.1) is 11.3 Å². The van der Waals surface area contributed by atoms with Gasteiger partial charge in [0.1, 0.15) is 0 Å². The minimum atomic E-state index is 0.235. The van der Waals surface area contributed by atoms with Crippen molar-refractivity contribution in [1.82, 2.24) is 4.90 Å². The van der Waals surface area contributed by atoms with Crippen LogP contribution in [0.5, 0.6) is 0 Å². The summed E-state index contributed by atoms with van der Waals surface area (Å²) in [6, 6.07) is 19.9. The van der Waals surface area contributed by atoms with Crippen LogP contribution in [0.4, 0.5) is 5.69 Å². The van der Waals surface area contributed by atoms with Crippen LogP contribution in [0.25, 0.3) is 0 Å². The van der Waals surface area contributed by atoms with Crippen molar-refractivity contribution in [1.29, 1.82) is 5.26 Å². The van der Waals surface area contributed by atoms with Crippen molar-refractivity contribution in [3.63, 3.8) is 0 Å². The second kappa shape index (κ2) is 7.65. The average Bonchev–Trinajstić information content (AvgIpc) is 2.67. The van der Waals surface area contributed by atoms with E-state index in [-0.39, 0.29) is 5.91 Å². The second-order valence-corrected chi connectivity index (χ2v) is 6.01. The number of aryl methyl sites for hydroxylation is 1. The highest BCUT2D eigenvalue weighted by Gasteiger charge is 2.20. The SMILES string of the molecule is N#Cc1ccc(N2CCN(C(=O)CCc3ccccc3)CC2)cc1. The predicted octanol–water partition coefficient (Wildman–Crippen LogP) is 2.84. The van der Waals surface area contributed by atoms with Crippen LogP contribution in [-0.2, 0) is 11.2 Å². The van der Waals surface area contributed by atoms with E-state index in [0.717, 1.165) is 38.3 Å². The van der Waals surface area contributed by atoms with Crippen LogP contribution >= 0.6 is 0 Å². The first kappa shape index (κ1) is 16.1. The van der Waals surface area contributed by atoms with E-state index in [9.17, 15) is 4.79 Å². The Morgan fingerprint density at radius 2 is 1.62 bits per heavy atom. The number of anilines is 1. The molecule has 2 aromatic carbocycles. The smallest absolute Gasteiger partial charge is 0.223 e. The summed E-state index contributed by atoms with van der Waals surface area (Å²) in [5, 5.41) is 8.86. The lowest BCUT2D eigenvalue weighted by Gasteiger charge is -2.36. The van der Waals surface area contributed by atoms with Gasteiger partial charge in [-0.1, -0.05) is 30.3 Å². The summed E-state index contributed by atoms with van der Waals surface area (Å²) in [6.07, 6.45) is 1.37. The van der Waals surface area contributed by atoms with Crippen molar-refractivity contribution < 1.29 is 4.79 Å². The Balaban J connectivity index is 1.49. The summed E-state index contributed by atoms with van der Waals surface area (Å²) in [5.74, 6) is 0.235. The van der Waals surface area contributed by atoms with Crippen LogP contribution in [0.1, 0.15) is 17.5 Å². The minimum Gasteiger partial charge on any atom is -0.368 e. The molecule has 0 saturated carbocycles. The number of piperazine rings is 1. The van der Waals surface area contributed by atoms with Gasteiger partial charge in [0, 0.05) is 38.3 Å². The number of nitriles is 1. The molecule has 0 bridgehead atoms. The van der Waals surface area contributed by atoms with Gasteiger partial charge in [0.2, 0.25) is 5.91 Å². The molecule has 0 atom stereocenters. The number of carbonyl (C=O) groups excluding carboxylic acids is 1. The molecule has 4 heteroatoms. The van der Waals surface area contributed by atoms with E-state index in [2.05, 4.69) is 23.1 Å². The molecule has 0 radical (unpaired) electrons. The number of nitrogens with zero attached hydrogens (tertiary/aromatic N) is 3. The monoisotopic (exact) mass is 319 g/mol. The zero-order valence-electron chi connectivity index (χ0n) is 13.7. The third-order valence-electron chi connectivity index (χ3n) is 4.46. The Hall–Kier alpha value is -2.80. The van der Waals surface area contributed by atoms with Gasteiger partial charge in [0.15, 0.2) is 0 Å². The fourth-order valence-electron chi connectivity index (χ4n) is 3.01. The van der Waals surface area contributed by atoms with E-state index in [1.165, 1.54) is 5.56 Å². The number of hydrogen-bond acceptors (Lipinski definition) is 3. The number of hydrogen-bond donors (Lipinski definition) is 0. The molecule has 1 fully saturated rings. The molecule has 0 aliphatic carbocycles. The topological polar surface area (TPSA) is 47.3 Å². The molecule has 0 unspecified atom stereocenters. The molecule has 0 spiro atoms. The van der Waals surface area contributed by atoms with E-state index < -0.39 is 0 Å². The van der Waals surface area contributed by atoms with Crippen molar-refractivity contribution in [3.05, 3.63) is 65.7 Å². The van der Waals surface area contributed by atoms with E-state index in [4.69, 9.17) is 5.26 Å². The molecule has 3 rings (SSSR count). The zero-order chi connectivity index (χ0) is 16.8. The Morgan fingerprint density at radius 3 is 2.25 bits per heavy atom. The summed E-state index contributed by atoms with van der Waals surface area (Å²) < 4.78 is 0. The summed E-state index contributed by atoms with van der Waals surface area (Å²) in [7, 11) is 0. The maximum Gasteiger partial charge on any atom is 0.223 e. The van der Waals surface area contributed by atoms with Crippen LogP contribution in [-0.4, -0.2) is 37.0 Å². The van der Waals surface area contributed by atoms with Gasteiger partial charge < -0.3 is 9.80 Å². The van der Waals surface area contributed by atoms with Crippen molar-refractivity contribution in [2.24, 2.45) is 0 Å². The number of benzene rings is 2. The van der Waals surface area contributed by atoms with Gasteiger partial charge in [-0.15, -0.1) is 0 Å². The molecule has 0 aromatic heterocycles. The van der Waals surface area contributed by atoms with E-state index >= 15 is 0 Å². The highest BCUT2D eigenvalue weighted by Crippen LogP contribution is 2.17. The molecular formula is C20H21N3O. The van der Waals surface area contributed by atoms with Crippen molar-refractivity contribution in [2.75, 3.05) is 31.1 Å². The van der Waals surface area contributed by atoms with Crippen molar-refractivity contribution in [2.45, 2.75) is 12.8 Å². The molecular weight excluding hydrogens is 298 g/mol. The third kappa shape index (κ3) is 3.94. The lowest BCUT2D eigenvalue weighted by molar-refractivity contribution is -0.131. The van der Waals surface area contributed by atoms with Crippen LogP contribution in [0.15, 0.2) is 54.6 Å². The molecule has 1 amide bonds. The minimum absolute atomic E-state index is 0.235. The van der Waals surface area contributed by atoms with Crippen LogP contribution in [0.2, 0.25) is 0 Å². The fraction of sp³-hybridized carbons (Fsp3) is 0.300. The maximum absolute atomic E-state index is 12.4. The van der Waals surface area contributed by atoms with E-state index in [1.807, 2.05) is 47.4 Å². The van der Waals surface area contributed by atoms with Gasteiger partial charge in [-0.2, -0.15) is 5.26 Å². The third-order valence-corrected chi connectivity index (χ3v) is 4.46. The summed E-state index contributed by atoms with van der Waals surface area (Å²) in [4.78, 5) is 16.6. The number of amides is 1. The largest absolute Gasteiger partial charge is 0.368 e. The van der Waals surface area contributed by atoms with Gasteiger partial charge in [-0.25, -0.2) is 0 Å². The molecule has 2 aromatic rings. The fourth-order valence-corrected chi connectivity index (χ4v) is 3.01. The molecule has 1 heterocycles. The highest BCUT2D eigenvalue weighted by molar-refractivity contribution is 5.76. The predicted molar refractivity (Wildman–Crippen MR) is 94.7 cm³/mol. The first-order valence-corrected chi connectivity index (χ1v) is 8.33. The van der Waals surface area contributed by atoms with E-state index in [0.29, 0.717) is 12.0 Å². The molecule has 24 heavy (non-hydrogen) atoms. The Labute approximate surface area is 142 Å². The molecule has 1 saturated heterocycles. The summed E-state index contributed by atoms with van der Waals surface area (Å²) in [5.41, 5.74) is 3.00. The molecule has 0 N–H and O–H groups in total. The van der Waals surface area contributed by atoms with Crippen molar-refractivity contribution in [3.8, 4) is 6.07 Å². The van der Waals surface area contributed by atoms with Gasteiger partial charge in [0.25, 0.3) is 0 Å². The quantitative estimate of drug-likeness (QED) is 0.870. The molecule has 1 aliphatic heterocycles. The number of rotatable bonds is 4. The first-order chi connectivity index (χ1) is 11.8. The summed E-state index contributed by atoms with van der Waals surface area (Å²) in [6.45, 7) is 3.19. The average molecular weight is 319 g/mol. The highest BCUT2D eigenvalue weighted by atomic mass is 16.2. The molecule has 1 aliphatic rings. The van der Waals surface area contributed by atoms with Crippen LogP contribution in [0.3, 0.4) is 0 Å². The van der Waals surface area contributed by atoms with Gasteiger partial charge in [0.05, 0.1) is 11.6 Å². The standard InChI is InChI=1S/C20H21N3O/c21-16-18-6-9-19(10-7-18)22-12-14-23(15-13-22)20(24)11-8-17-4-2-1-3-5-17/h1-7,9-10H,8,11-15H2. The van der Waals surface area contributed by atoms with Gasteiger partial charge in [-0.3, -0.25) is 4.79 Å². The first-order valence-electron chi connectivity index (χ1n) is 8.33. The van der Waals surface area contributed by atoms with Crippen molar-refractivity contribution >= 4 is 11.6 Å². The van der Waals surface area contributed by atoms with Crippen LogP contribution < -0.4 is 4.90 Å². The number of carbonyl (C=O) groups is 1. The zero-order valence-corrected chi connectivity index (χ0v) is 13.7. The summed E-state index contributed by atoms with van der Waals surface area (Å²) >= 11 is 0. The van der Waals surface area contributed by atoms with E-state index in [1.54, 1.807) is 0 Å². The van der Waals surface area contributed by atoms with Gasteiger partial charge >= 0.3 is 0 Å². The maximum atomic E-state index is 12.4. The Bertz CT molecular complexity index is 711. The molecule has 122 valence electrons.